The van der Waals surface area contributed by atoms with E-state index in [4.69, 9.17) is 4.74 Å². The first-order chi connectivity index (χ1) is 14.9. The standard InChI is InChI=1S/C24H29FO5S/c1-13-2-3-15(24-23(29)22(28)21(27)19(12-26)30-24)10-16(13)11-18-8-9-20(31-18)14-4-6-17(25)7-5-14/h2-7,10,18-24,26-29H,8-9,11-12H2,1H3/t18-,19-,20-,21-,22+,23-,24+/m1/s1. The van der Waals surface area contributed by atoms with Gasteiger partial charge in [-0.15, -0.1) is 0 Å². The van der Waals surface area contributed by atoms with Gasteiger partial charge in [-0.1, -0.05) is 30.3 Å². The molecule has 2 aromatic carbocycles. The summed E-state index contributed by atoms with van der Waals surface area (Å²) in [4.78, 5) is 0. The zero-order valence-electron chi connectivity index (χ0n) is 17.4. The third-order valence-corrected chi connectivity index (χ3v) is 8.01. The highest BCUT2D eigenvalue weighted by Crippen LogP contribution is 2.46. The number of aliphatic hydroxyl groups is 4. The second-order valence-corrected chi connectivity index (χ2v) is 10.0. The van der Waals surface area contributed by atoms with Crippen molar-refractivity contribution in [2.24, 2.45) is 0 Å². The van der Waals surface area contributed by atoms with Gasteiger partial charge in [0.1, 0.15) is 36.3 Å². The van der Waals surface area contributed by atoms with Gasteiger partial charge in [-0.2, -0.15) is 11.8 Å². The lowest BCUT2D eigenvalue weighted by atomic mass is 9.89. The lowest BCUT2D eigenvalue weighted by Crippen LogP contribution is -2.55. The molecule has 0 radical (unpaired) electrons. The number of aryl methyl sites for hydroxylation is 1. The predicted octanol–water partition coefficient (Wildman–Crippen LogP) is 2.83. The number of hydrogen-bond donors (Lipinski definition) is 4. The fourth-order valence-corrected chi connectivity index (χ4v) is 6.09. The van der Waals surface area contributed by atoms with Gasteiger partial charge in [0.2, 0.25) is 0 Å². The second kappa shape index (κ2) is 9.57. The summed E-state index contributed by atoms with van der Waals surface area (Å²) in [7, 11) is 0. The van der Waals surface area contributed by atoms with Gasteiger partial charge in [-0.3, -0.25) is 0 Å². The van der Waals surface area contributed by atoms with Crippen LogP contribution >= 0.6 is 11.8 Å². The Bertz CT molecular complexity index is 890. The predicted molar refractivity (Wildman–Crippen MR) is 117 cm³/mol. The third kappa shape index (κ3) is 4.82. The first-order valence-corrected chi connectivity index (χ1v) is 11.6. The molecule has 4 N–H and O–H groups in total. The topological polar surface area (TPSA) is 90.2 Å². The van der Waals surface area contributed by atoms with Crippen molar-refractivity contribution in [1.29, 1.82) is 0 Å². The summed E-state index contributed by atoms with van der Waals surface area (Å²) < 4.78 is 18.9. The summed E-state index contributed by atoms with van der Waals surface area (Å²) in [5.41, 5.74) is 4.15. The molecule has 2 aliphatic heterocycles. The molecule has 31 heavy (non-hydrogen) atoms. The van der Waals surface area contributed by atoms with E-state index in [1.165, 1.54) is 12.1 Å². The van der Waals surface area contributed by atoms with Crippen molar-refractivity contribution in [3.63, 3.8) is 0 Å². The first-order valence-electron chi connectivity index (χ1n) is 10.7. The third-order valence-electron chi connectivity index (χ3n) is 6.39. The van der Waals surface area contributed by atoms with E-state index >= 15 is 0 Å². The quantitative estimate of drug-likeness (QED) is 0.563. The fourth-order valence-electron chi connectivity index (χ4n) is 4.49. The van der Waals surface area contributed by atoms with E-state index in [1.807, 2.05) is 49.0 Å². The molecule has 2 aliphatic rings. The largest absolute Gasteiger partial charge is 0.394 e. The molecule has 5 nitrogen and oxygen atoms in total. The maximum absolute atomic E-state index is 13.2. The van der Waals surface area contributed by atoms with Gasteiger partial charge in [0.15, 0.2) is 0 Å². The average molecular weight is 449 g/mol. The van der Waals surface area contributed by atoms with Crippen molar-refractivity contribution in [3.8, 4) is 0 Å². The minimum atomic E-state index is -1.39. The van der Waals surface area contributed by atoms with Crippen LogP contribution in [0.15, 0.2) is 42.5 Å². The average Bonchev–Trinajstić information content (AvgIpc) is 3.23. The van der Waals surface area contributed by atoms with E-state index in [1.54, 1.807) is 0 Å². The van der Waals surface area contributed by atoms with Gasteiger partial charge < -0.3 is 25.2 Å². The molecule has 0 amide bonds. The molecule has 7 atom stereocenters. The lowest BCUT2D eigenvalue weighted by molar-refractivity contribution is -0.231. The van der Waals surface area contributed by atoms with Gasteiger partial charge in [-0.25, -0.2) is 4.39 Å². The summed E-state index contributed by atoms with van der Waals surface area (Å²) >= 11 is 1.91. The minimum absolute atomic E-state index is 0.219. The summed E-state index contributed by atoms with van der Waals surface area (Å²) in [6.07, 6.45) is -2.80. The molecule has 168 valence electrons. The summed E-state index contributed by atoms with van der Waals surface area (Å²) in [6.45, 7) is 1.60. The summed E-state index contributed by atoms with van der Waals surface area (Å²) in [6, 6.07) is 12.6. The molecule has 0 bridgehead atoms. The van der Waals surface area contributed by atoms with E-state index in [0.29, 0.717) is 10.5 Å². The Balaban J connectivity index is 1.48. The summed E-state index contributed by atoms with van der Waals surface area (Å²) in [5.74, 6) is -0.219. The Hall–Kier alpha value is -1.48. The van der Waals surface area contributed by atoms with Crippen molar-refractivity contribution in [2.45, 2.75) is 67.2 Å². The Morgan fingerprint density at radius 1 is 0.968 bits per heavy atom. The molecular weight excluding hydrogens is 419 g/mol. The van der Waals surface area contributed by atoms with Crippen LogP contribution in [-0.4, -0.2) is 56.7 Å². The van der Waals surface area contributed by atoms with Gasteiger partial charge in [0.25, 0.3) is 0 Å². The highest BCUT2D eigenvalue weighted by Gasteiger charge is 2.44. The zero-order valence-corrected chi connectivity index (χ0v) is 18.2. The number of thioether (sulfide) groups is 1. The van der Waals surface area contributed by atoms with Crippen LogP contribution in [0.5, 0.6) is 0 Å². The van der Waals surface area contributed by atoms with Crippen molar-refractivity contribution >= 4 is 11.8 Å². The van der Waals surface area contributed by atoms with E-state index in [-0.39, 0.29) is 5.82 Å². The SMILES string of the molecule is Cc1ccc([C@@H]2O[C@H](CO)[C@@H](O)[C@H](O)[C@H]2O)cc1C[C@H]1CC[C@H](c2ccc(F)cc2)S1. The Morgan fingerprint density at radius 3 is 2.39 bits per heavy atom. The van der Waals surface area contributed by atoms with Crippen LogP contribution in [0.3, 0.4) is 0 Å². The monoisotopic (exact) mass is 448 g/mol. The highest BCUT2D eigenvalue weighted by atomic mass is 32.2. The number of halogens is 1. The molecule has 7 heteroatoms. The molecule has 4 rings (SSSR count). The molecule has 0 spiro atoms. The van der Waals surface area contributed by atoms with Crippen molar-refractivity contribution in [2.75, 3.05) is 6.61 Å². The van der Waals surface area contributed by atoms with Gasteiger partial charge in [0.05, 0.1) is 6.61 Å². The molecule has 2 saturated heterocycles. The molecule has 0 aliphatic carbocycles. The lowest BCUT2D eigenvalue weighted by Gasteiger charge is -2.40. The van der Waals surface area contributed by atoms with Crippen molar-refractivity contribution < 1.29 is 29.6 Å². The minimum Gasteiger partial charge on any atom is -0.394 e. The van der Waals surface area contributed by atoms with E-state index in [9.17, 15) is 24.8 Å². The molecule has 2 aromatic rings. The van der Waals surface area contributed by atoms with Gasteiger partial charge >= 0.3 is 0 Å². The first kappa shape index (κ1) is 22.7. The molecule has 0 unspecified atom stereocenters. The molecular formula is C24H29FO5S. The van der Waals surface area contributed by atoms with Crippen LogP contribution in [0.25, 0.3) is 0 Å². The number of ether oxygens (including phenoxy) is 1. The zero-order chi connectivity index (χ0) is 22.1. The normalized spacial score (nSPS) is 33.5. The number of rotatable bonds is 5. The van der Waals surface area contributed by atoms with E-state index in [2.05, 4.69) is 0 Å². The number of aliphatic hydroxyl groups excluding tert-OH is 4. The second-order valence-electron chi connectivity index (χ2n) is 8.52. The highest BCUT2D eigenvalue weighted by molar-refractivity contribution is 8.00. The van der Waals surface area contributed by atoms with Gasteiger partial charge in [0, 0.05) is 10.5 Å². The number of benzene rings is 2. The maximum Gasteiger partial charge on any atom is 0.123 e. The molecule has 2 heterocycles. The maximum atomic E-state index is 13.2. The molecule has 0 saturated carbocycles. The summed E-state index contributed by atoms with van der Waals surface area (Å²) in [5, 5.41) is 40.8. The molecule has 0 aromatic heterocycles. The number of hydrogen-bond acceptors (Lipinski definition) is 6. The van der Waals surface area contributed by atoms with Crippen LogP contribution in [0.1, 0.15) is 46.4 Å². The Kier molecular flexibility index (Phi) is 7.01. The molecule has 2 fully saturated rings. The van der Waals surface area contributed by atoms with Crippen LogP contribution in [0.4, 0.5) is 4.39 Å². The Morgan fingerprint density at radius 2 is 1.68 bits per heavy atom. The van der Waals surface area contributed by atoms with Crippen molar-refractivity contribution in [1.82, 2.24) is 0 Å². The van der Waals surface area contributed by atoms with Crippen LogP contribution < -0.4 is 0 Å². The van der Waals surface area contributed by atoms with Crippen LogP contribution in [0, 0.1) is 12.7 Å². The Labute approximate surface area is 185 Å². The van der Waals surface area contributed by atoms with Crippen molar-refractivity contribution in [3.05, 3.63) is 70.5 Å². The van der Waals surface area contributed by atoms with Gasteiger partial charge in [-0.05, 0) is 60.6 Å². The fraction of sp³-hybridized carbons (Fsp3) is 0.500. The van der Waals surface area contributed by atoms with E-state index in [0.717, 1.165) is 41.5 Å². The van der Waals surface area contributed by atoms with Crippen LogP contribution in [-0.2, 0) is 11.2 Å². The van der Waals surface area contributed by atoms with E-state index < -0.39 is 37.1 Å². The van der Waals surface area contributed by atoms with Crippen LogP contribution in [0.2, 0.25) is 0 Å². The smallest absolute Gasteiger partial charge is 0.123 e.